The summed E-state index contributed by atoms with van der Waals surface area (Å²) in [5, 5.41) is 4.07. The summed E-state index contributed by atoms with van der Waals surface area (Å²) in [6.45, 7) is 4.52. The summed E-state index contributed by atoms with van der Waals surface area (Å²) in [5.41, 5.74) is 2.21. The highest BCUT2D eigenvalue weighted by atomic mass is 127. The molecular formula is C13H13ClF2IN3. The van der Waals surface area contributed by atoms with Gasteiger partial charge in [0.1, 0.15) is 11.4 Å². The average Bonchev–Trinajstić information content (AvgIpc) is 2.58. The topological polar surface area (TPSA) is 30.7 Å². The van der Waals surface area contributed by atoms with Gasteiger partial charge >= 0.3 is 0 Å². The lowest BCUT2D eigenvalue weighted by Gasteiger charge is -2.10. The summed E-state index contributed by atoms with van der Waals surface area (Å²) in [6.07, 6.45) is 0. The Balaban J connectivity index is 2.70. The standard InChI is InChI=1S/C13H13ClF2IN3/c1-6-5-8(17)7(2)18-10(6)11-9(14)12(13(3,15)16)20(4)19-11/h5H,1-4H3. The number of alkyl halides is 2. The molecule has 0 unspecified atom stereocenters. The third-order valence-corrected chi connectivity index (χ3v) is 4.42. The van der Waals surface area contributed by atoms with Gasteiger partial charge in [0.15, 0.2) is 0 Å². The minimum absolute atomic E-state index is 0.0452. The number of hydrogen-bond acceptors (Lipinski definition) is 2. The summed E-state index contributed by atoms with van der Waals surface area (Å²) in [4.78, 5) is 4.43. The van der Waals surface area contributed by atoms with E-state index in [1.807, 2.05) is 19.9 Å². The Kier molecular flexibility index (Phi) is 4.07. The molecule has 2 aromatic heterocycles. The molecular weight excluding hydrogens is 399 g/mol. The molecule has 7 heteroatoms. The van der Waals surface area contributed by atoms with Crippen LogP contribution >= 0.6 is 34.2 Å². The Hall–Kier alpha value is -0.760. The number of nitrogens with zero attached hydrogens (tertiary/aromatic N) is 3. The molecule has 0 fully saturated rings. The molecule has 0 aliphatic rings. The van der Waals surface area contributed by atoms with Gasteiger partial charge in [-0.05, 0) is 48.1 Å². The van der Waals surface area contributed by atoms with E-state index < -0.39 is 5.92 Å². The molecule has 0 saturated carbocycles. The van der Waals surface area contributed by atoms with Gasteiger partial charge in [-0.15, -0.1) is 0 Å². The van der Waals surface area contributed by atoms with Crippen LogP contribution in [0.1, 0.15) is 23.9 Å². The van der Waals surface area contributed by atoms with Crippen molar-refractivity contribution in [3.8, 4) is 11.4 Å². The zero-order valence-corrected chi connectivity index (χ0v) is 14.3. The van der Waals surface area contributed by atoms with Crippen LogP contribution in [0.3, 0.4) is 0 Å². The van der Waals surface area contributed by atoms with Crippen LogP contribution in [0.15, 0.2) is 6.07 Å². The number of rotatable bonds is 2. The van der Waals surface area contributed by atoms with Crippen LogP contribution in [-0.4, -0.2) is 14.8 Å². The number of aromatic nitrogens is 3. The predicted molar refractivity (Wildman–Crippen MR) is 83.2 cm³/mol. The van der Waals surface area contributed by atoms with Crippen molar-refractivity contribution in [3.05, 3.63) is 31.6 Å². The molecule has 0 atom stereocenters. The Bertz CT molecular complexity index is 677. The molecule has 2 rings (SSSR count). The zero-order valence-electron chi connectivity index (χ0n) is 11.4. The minimum Gasteiger partial charge on any atom is -0.264 e. The molecule has 108 valence electrons. The summed E-state index contributed by atoms with van der Waals surface area (Å²) in [5.74, 6) is -3.05. The quantitative estimate of drug-likeness (QED) is 0.683. The van der Waals surface area contributed by atoms with Crippen LogP contribution in [0.25, 0.3) is 11.4 Å². The predicted octanol–water partition coefficient (Wildman–Crippen LogP) is 4.47. The number of halogens is 4. The molecule has 0 radical (unpaired) electrons. The summed E-state index contributed by atoms with van der Waals surface area (Å²) in [6, 6.07) is 1.94. The number of aryl methyl sites for hydroxylation is 3. The van der Waals surface area contributed by atoms with Crippen molar-refractivity contribution in [1.82, 2.24) is 14.8 Å². The lowest BCUT2D eigenvalue weighted by molar-refractivity contribution is 0.00895. The van der Waals surface area contributed by atoms with E-state index in [4.69, 9.17) is 11.6 Å². The maximum absolute atomic E-state index is 13.6. The lowest BCUT2D eigenvalue weighted by atomic mass is 10.1. The third-order valence-electron chi connectivity index (χ3n) is 2.97. The van der Waals surface area contributed by atoms with Gasteiger partial charge in [0, 0.05) is 17.5 Å². The molecule has 2 heterocycles. The van der Waals surface area contributed by atoms with E-state index >= 15 is 0 Å². The maximum Gasteiger partial charge on any atom is 0.288 e. The average molecular weight is 412 g/mol. The van der Waals surface area contributed by atoms with Gasteiger partial charge in [-0.3, -0.25) is 4.68 Å². The van der Waals surface area contributed by atoms with Gasteiger partial charge < -0.3 is 0 Å². The largest absolute Gasteiger partial charge is 0.288 e. The van der Waals surface area contributed by atoms with Gasteiger partial charge in [0.05, 0.1) is 16.4 Å². The van der Waals surface area contributed by atoms with Gasteiger partial charge in [0.25, 0.3) is 5.92 Å². The first-order valence-corrected chi connectivity index (χ1v) is 7.33. The molecule has 20 heavy (non-hydrogen) atoms. The second-order valence-electron chi connectivity index (χ2n) is 4.74. The Morgan fingerprint density at radius 1 is 1.30 bits per heavy atom. The maximum atomic E-state index is 13.6. The Morgan fingerprint density at radius 2 is 1.90 bits per heavy atom. The van der Waals surface area contributed by atoms with Crippen molar-refractivity contribution < 1.29 is 8.78 Å². The van der Waals surface area contributed by atoms with E-state index in [0.29, 0.717) is 11.4 Å². The van der Waals surface area contributed by atoms with Gasteiger partial charge in [-0.1, -0.05) is 11.6 Å². The first-order valence-electron chi connectivity index (χ1n) is 5.87. The van der Waals surface area contributed by atoms with Crippen molar-refractivity contribution in [1.29, 1.82) is 0 Å². The van der Waals surface area contributed by atoms with E-state index in [-0.39, 0.29) is 10.7 Å². The SMILES string of the molecule is Cc1cc(I)c(C)nc1-c1nn(C)c(C(C)(F)F)c1Cl. The Morgan fingerprint density at radius 3 is 2.40 bits per heavy atom. The second kappa shape index (κ2) is 5.22. The highest BCUT2D eigenvalue weighted by Gasteiger charge is 2.34. The summed E-state index contributed by atoms with van der Waals surface area (Å²) < 4.78 is 29.3. The fourth-order valence-electron chi connectivity index (χ4n) is 2.04. The van der Waals surface area contributed by atoms with Crippen molar-refractivity contribution in [2.24, 2.45) is 7.05 Å². The molecule has 0 spiro atoms. The molecule has 0 amide bonds. The number of hydrogen-bond donors (Lipinski definition) is 0. The molecule has 0 aliphatic heterocycles. The number of pyridine rings is 1. The van der Waals surface area contributed by atoms with Gasteiger partial charge in [-0.2, -0.15) is 13.9 Å². The first kappa shape index (κ1) is 15.6. The fraction of sp³-hybridized carbons (Fsp3) is 0.385. The second-order valence-corrected chi connectivity index (χ2v) is 6.28. The molecule has 3 nitrogen and oxygen atoms in total. The molecule has 2 aromatic rings. The van der Waals surface area contributed by atoms with Crippen LogP contribution in [0.4, 0.5) is 8.78 Å². The van der Waals surface area contributed by atoms with E-state index in [0.717, 1.165) is 26.4 Å². The summed E-state index contributed by atoms with van der Waals surface area (Å²) in [7, 11) is 1.46. The monoisotopic (exact) mass is 411 g/mol. The lowest BCUT2D eigenvalue weighted by Crippen LogP contribution is -2.13. The molecule has 0 N–H and O–H groups in total. The van der Waals surface area contributed by atoms with Crippen LogP contribution in [-0.2, 0) is 13.0 Å². The fourth-order valence-corrected chi connectivity index (χ4v) is 3.04. The van der Waals surface area contributed by atoms with Crippen LogP contribution in [0.5, 0.6) is 0 Å². The molecule has 0 aliphatic carbocycles. The van der Waals surface area contributed by atoms with Crippen molar-refractivity contribution in [2.75, 3.05) is 0 Å². The van der Waals surface area contributed by atoms with Gasteiger partial charge in [-0.25, -0.2) is 4.98 Å². The van der Waals surface area contributed by atoms with E-state index in [1.165, 1.54) is 7.05 Å². The minimum atomic E-state index is -3.05. The highest BCUT2D eigenvalue weighted by molar-refractivity contribution is 14.1. The highest BCUT2D eigenvalue weighted by Crippen LogP contribution is 2.38. The van der Waals surface area contributed by atoms with Crippen LogP contribution in [0, 0.1) is 17.4 Å². The Labute approximate surface area is 134 Å². The van der Waals surface area contributed by atoms with Crippen molar-refractivity contribution in [3.63, 3.8) is 0 Å². The molecule has 0 saturated heterocycles. The van der Waals surface area contributed by atoms with Crippen molar-refractivity contribution >= 4 is 34.2 Å². The van der Waals surface area contributed by atoms with E-state index in [1.54, 1.807) is 0 Å². The van der Waals surface area contributed by atoms with Crippen LogP contribution in [0.2, 0.25) is 5.02 Å². The normalized spacial score (nSPS) is 12.0. The summed E-state index contributed by atoms with van der Waals surface area (Å²) >= 11 is 8.29. The van der Waals surface area contributed by atoms with Crippen LogP contribution < -0.4 is 0 Å². The molecule has 0 aromatic carbocycles. The first-order chi connectivity index (χ1) is 9.12. The van der Waals surface area contributed by atoms with E-state index in [2.05, 4.69) is 32.7 Å². The third kappa shape index (κ3) is 2.67. The zero-order chi connectivity index (χ0) is 15.2. The smallest absolute Gasteiger partial charge is 0.264 e. The molecule has 0 bridgehead atoms. The van der Waals surface area contributed by atoms with Gasteiger partial charge in [0.2, 0.25) is 0 Å². The van der Waals surface area contributed by atoms with Crippen molar-refractivity contribution in [2.45, 2.75) is 26.7 Å². The van der Waals surface area contributed by atoms with E-state index in [9.17, 15) is 8.78 Å².